The van der Waals surface area contributed by atoms with Gasteiger partial charge < -0.3 is 18.9 Å². The largest absolute Gasteiger partial charge is 0.493 e. The van der Waals surface area contributed by atoms with E-state index in [9.17, 15) is 9.59 Å². The van der Waals surface area contributed by atoms with Crippen LogP contribution in [0.4, 0.5) is 0 Å². The van der Waals surface area contributed by atoms with Gasteiger partial charge in [0, 0.05) is 0 Å². The lowest BCUT2D eigenvalue weighted by Crippen LogP contribution is -2.18. The number of hydrogen-bond acceptors (Lipinski definition) is 7. The highest BCUT2D eigenvalue weighted by molar-refractivity contribution is 5.98. The Hall–Kier alpha value is -3.79. The number of nitriles is 1. The molecule has 7 heteroatoms. The summed E-state index contributed by atoms with van der Waals surface area (Å²) in [6.07, 6.45) is 1.37. The van der Waals surface area contributed by atoms with Crippen molar-refractivity contribution < 1.29 is 28.5 Å². The third kappa shape index (κ3) is 5.88. The second-order valence-corrected chi connectivity index (χ2v) is 5.38. The summed E-state index contributed by atoms with van der Waals surface area (Å²) in [6, 6.07) is 15.3. The lowest BCUT2D eigenvalue weighted by molar-refractivity contribution is -0.138. The minimum absolute atomic E-state index is 0.148. The van der Waals surface area contributed by atoms with E-state index in [0.717, 1.165) is 0 Å². The molecule has 0 aliphatic carbocycles. The minimum Gasteiger partial charge on any atom is -0.493 e. The fraction of sp³-hybridized carbons (Fsp3) is 0.190. The van der Waals surface area contributed by atoms with Crippen LogP contribution in [0, 0.1) is 11.3 Å². The van der Waals surface area contributed by atoms with Crippen molar-refractivity contribution in [2.75, 3.05) is 20.3 Å². The monoisotopic (exact) mass is 381 g/mol. The van der Waals surface area contributed by atoms with Gasteiger partial charge in [-0.15, -0.1) is 0 Å². The van der Waals surface area contributed by atoms with Gasteiger partial charge in [0.15, 0.2) is 18.1 Å². The first-order valence-electron chi connectivity index (χ1n) is 8.42. The van der Waals surface area contributed by atoms with Gasteiger partial charge in [0.05, 0.1) is 13.7 Å². The van der Waals surface area contributed by atoms with E-state index >= 15 is 0 Å². The highest BCUT2D eigenvalue weighted by atomic mass is 16.6. The number of esters is 2. The number of methoxy groups -OCH3 is 1. The molecule has 0 heterocycles. The van der Waals surface area contributed by atoms with E-state index in [2.05, 4.69) is 0 Å². The van der Waals surface area contributed by atoms with Crippen molar-refractivity contribution in [1.29, 1.82) is 5.26 Å². The van der Waals surface area contributed by atoms with Crippen molar-refractivity contribution in [3.05, 3.63) is 59.7 Å². The molecule has 0 N–H and O–H groups in total. The SMILES string of the molecule is CCOC(=O)/C(C#N)=C/c1ccc(OC(=O)COc2ccccc2)c(OC)c1. The number of hydrogen-bond donors (Lipinski definition) is 0. The van der Waals surface area contributed by atoms with E-state index in [1.165, 1.54) is 25.3 Å². The van der Waals surface area contributed by atoms with Gasteiger partial charge in [0.1, 0.15) is 17.4 Å². The zero-order valence-electron chi connectivity index (χ0n) is 15.5. The molecule has 28 heavy (non-hydrogen) atoms. The maximum Gasteiger partial charge on any atom is 0.349 e. The Bertz CT molecular complexity index is 899. The lowest BCUT2D eigenvalue weighted by atomic mass is 10.1. The molecular weight excluding hydrogens is 362 g/mol. The molecule has 0 saturated carbocycles. The molecule has 0 atom stereocenters. The van der Waals surface area contributed by atoms with Crippen LogP contribution >= 0.6 is 0 Å². The summed E-state index contributed by atoms with van der Waals surface area (Å²) in [6.45, 7) is 1.55. The molecule has 144 valence electrons. The molecule has 2 aromatic rings. The average Bonchev–Trinajstić information content (AvgIpc) is 2.72. The molecule has 7 nitrogen and oxygen atoms in total. The summed E-state index contributed by atoms with van der Waals surface area (Å²) in [5.74, 6) is -0.305. The third-order valence-electron chi connectivity index (χ3n) is 3.44. The molecule has 0 amide bonds. The highest BCUT2D eigenvalue weighted by Gasteiger charge is 2.13. The van der Waals surface area contributed by atoms with Crippen LogP contribution in [0.15, 0.2) is 54.1 Å². The van der Waals surface area contributed by atoms with E-state index in [1.54, 1.807) is 43.3 Å². The lowest BCUT2D eigenvalue weighted by Gasteiger charge is -2.11. The molecule has 0 aromatic heterocycles. The van der Waals surface area contributed by atoms with Crippen LogP contribution in [0.2, 0.25) is 0 Å². The Morgan fingerprint density at radius 1 is 1.11 bits per heavy atom. The molecule has 0 fully saturated rings. The fourth-order valence-electron chi connectivity index (χ4n) is 2.18. The van der Waals surface area contributed by atoms with Crippen molar-refractivity contribution in [3.8, 4) is 23.3 Å². The van der Waals surface area contributed by atoms with Crippen LogP contribution in [0.3, 0.4) is 0 Å². The van der Waals surface area contributed by atoms with E-state index in [1.807, 2.05) is 6.07 Å². The second-order valence-electron chi connectivity index (χ2n) is 5.38. The third-order valence-corrected chi connectivity index (χ3v) is 3.44. The van der Waals surface area contributed by atoms with Crippen LogP contribution < -0.4 is 14.2 Å². The van der Waals surface area contributed by atoms with Crippen molar-refractivity contribution in [3.63, 3.8) is 0 Å². The topological polar surface area (TPSA) is 94.9 Å². The number of carbonyl (C=O) groups is 2. The summed E-state index contributed by atoms with van der Waals surface area (Å²) < 4.78 is 20.7. The van der Waals surface area contributed by atoms with E-state index in [0.29, 0.717) is 11.3 Å². The van der Waals surface area contributed by atoms with Crippen LogP contribution in [-0.2, 0) is 14.3 Å². The van der Waals surface area contributed by atoms with Crippen molar-refractivity contribution >= 4 is 18.0 Å². The van der Waals surface area contributed by atoms with Crippen LogP contribution in [0.5, 0.6) is 17.2 Å². The predicted octanol–water partition coefficient (Wildman–Crippen LogP) is 3.15. The number of carbonyl (C=O) groups excluding carboxylic acids is 2. The normalized spacial score (nSPS) is 10.5. The van der Waals surface area contributed by atoms with Gasteiger partial charge >= 0.3 is 11.9 Å². The summed E-state index contributed by atoms with van der Waals surface area (Å²) >= 11 is 0. The number of nitrogens with zero attached hydrogens (tertiary/aromatic N) is 1. The quantitative estimate of drug-likeness (QED) is 0.300. The first-order chi connectivity index (χ1) is 13.6. The Balaban J connectivity index is 2.09. The molecular formula is C21H19NO6. The summed E-state index contributed by atoms with van der Waals surface area (Å²) in [5, 5.41) is 9.10. The van der Waals surface area contributed by atoms with Gasteiger partial charge in [-0.2, -0.15) is 5.26 Å². The summed E-state index contributed by atoms with van der Waals surface area (Å²) in [5.41, 5.74) is 0.367. The van der Waals surface area contributed by atoms with E-state index in [-0.39, 0.29) is 30.3 Å². The molecule has 0 bridgehead atoms. The molecule has 2 rings (SSSR count). The van der Waals surface area contributed by atoms with Crippen LogP contribution in [0.1, 0.15) is 12.5 Å². The summed E-state index contributed by atoms with van der Waals surface area (Å²) in [7, 11) is 1.41. The van der Waals surface area contributed by atoms with Crippen LogP contribution in [-0.4, -0.2) is 32.3 Å². The van der Waals surface area contributed by atoms with Crippen LogP contribution in [0.25, 0.3) is 6.08 Å². The fourth-order valence-corrected chi connectivity index (χ4v) is 2.18. The van der Waals surface area contributed by atoms with Crippen molar-refractivity contribution in [2.24, 2.45) is 0 Å². The Labute approximate surface area is 162 Å². The van der Waals surface area contributed by atoms with Gasteiger partial charge in [0.2, 0.25) is 0 Å². The Morgan fingerprint density at radius 2 is 1.86 bits per heavy atom. The predicted molar refractivity (Wildman–Crippen MR) is 101 cm³/mol. The molecule has 0 aliphatic heterocycles. The van der Waals surface area contributed by atoms with Crippen molar-refractivity contribution in [2.45, 2.75) is 6.92 Å². The maximum atomic E-state index is 12.0. The summed E-state index contributed by atoms with van der Waals surface area (Å²) in [4.78, 5) is 23.7. The van der Waals surface area contributed by atoms with Gasteiger partial charge in [0.25, 0.3) is 0 Å². The molecule has 2 aromatic carbocycles. The molecule has 0 saturated heterocycles. The maximum absolute atomic E-state index is 12.0. The molecule has 0 spiro atoms. The van der Waals surface area contributed by atoms with Crippen molar-refractivity contribution in [1.82, 2.24) is 0 Å². The van der Waals surface area contributed by atoms with Gasteiger partial charge in [-0.1, -0.05) is 24.3 Å². The molecule has 0 unspecified atom stereocenters. The number of para-hydroxylation sites is 1. The minimum atomic E-state index is -0.711. The molecule has 0 radical (unpaired) electrons. The van der Waals surface area contributed by atoms with Gasteiger partial charge in [-0.25, -0.2) is 9.59 Å². The smallest absolute Gasteiger partial charge is 0.349 e. The number of benzene rings is 2. The highest BCUT2D eigenvalue weighted by Crippen LogP contribution is 2.29. The number of rotatable bonds is 8. The first kappa shape index (κ1) is 20.5. The van der Waals surface area contributed by atoms with E-state index < -0.39 is 11.9 Å². The van der Waals surface area contributed by atoms with Gasteiger partial charge in [-0.05, 0) is 42.8 Å². The standard InChI is InChI=1S/C21H19NO6/c1-3-26-21(24)16(13-22)11-15-9-10-18(19(12-15)25-2)28-20(23)14-27-17-7-5-4-6-8-17/h4-12H,3,14H2,1-2H3/b16-11+. The average molecular weight is 381 g/mol. The first-order valence-corrected chi connectivity index (χ1v) is 8.42. The second kappa shape index (κ2) is 10.4. The Morgan fingerprint density at radius 3 is 2.50 bits per heavy atom. The zero-order valence-corrected chi connectivity index (χ0v) is 15.5. The number of ether oxygens (including phenoxy) is 4. The molecule has 0 aliphatic rings. The van der Waals surface area contributed by atoms with Gasteiger partial charge in [-0.3, -0.25) is 0 Å². The van der Waals surface area contributed by atoms with E-state index in [4.69, 9.17) is 24.2 Å². The zero-order chi connectivity index (χ0) is 20.4. The Kier molecular flexibility index (Phi) is 7.61.